The number of β-amino-alcohol motifs (C(OH)–C–C–N with tert-alkyl or cyclic N) is 1. The molecule has 3 atom stereocenters. The van der Waals surface area contributed by atoms with Crippen LogP contribution in [0.2, 0.25) is 5.02 Å². The van der Waals surface area contributed by atoms with E-state index in [1.807, 2.05) is 118 Å². The molecule has 3 aromatic carbocycles. The number of piperidine rings is 1. The first-order valence-corrected chi connectivity index (χ1v) is 25.4. The van der Waals surface area contributed by atoms with Gasteiger partial charge >= 0.3 is 0 Å². The zero-order valence-corrected chi connectivity index (χ0v) is 42.7. The number of thiazole rings is 1. The van der Waals surface area contributed by atoms with Crippen molar-refractivity contribution in [2.24, 2.45) is 5.41 Å². The van der Waals surface area contributed by atoms with E-state index in [1.165, 1.54) is 4.90 Å². The number of halogens is 1. The minimum Gasteiger partial charge on any atom is -0.494 e. The summed E-state index contributed by atoms with van der Waals surface area (Å²) < 4.78 is 5.80. The Kier molecular flexibility index (Phi) is 15.9. The quantitative estimate of drug-likeness (QED) is 0.0552. The molecule has 5 N–H and O–H groups in total. The predicted octanol–water partition coefficient (Wildman–Crippen LogP) is 8.26. The van der Waals surface area contributed by atoms with Crippen LogP contribution in [0, 0.1) is 12.3 Å². The van der Waals surface area contributed by atoms with E-state index >= 15 is 0 Å². The highest BCUT2D eigenvalue weighted by atomic mass is 35.5. The van der Waals surface area contributed by atoms with Crippen molar-refractivity contribution >= 4 is 74.8 Å². The van der Waals surface area contributed by atoms with Crippen LogP contribution in [0.15, 0.2) is 84.6 Å². The lowest BCUT2D eigenvalue weighted by Crippen LogP contribution is -2.57. The van der Waals surface area contributed by atoms with Crippen LogP contribution >= 0.6 is 22.9 Å². The minimum atomic E-state index is -0.928. The molecule has 8 rings (SSSR count). The van der Waals surface area contributed by atoms with Gasteiger partial charge < -0.3 is 45.5 Å². The second kappa shape index (κ2) is 22.2. The van der Waals surface area contributed by atoms with E-state index in [1.54, 1.807) is 24.6 Å². The highest BCUT2D eigenvalue weighted by Gasteiger charge is 2.44. The van der Waals surface area contributed by atoms with E-state index in [-0.39, 0.29) is 49.7 Å². The van der Waals surface area contributed by atoms with Crippen molar-refractivity contribution in [3.05, 3.63) is 101 Å². The standard InChI is InChI=1S/C53H63ClN10O6S/c1-32-48(71-31-58-32)34-17-15-33(16-18-34)27-56-50(68)43-26-37(65)30-64(43)51(69)49(53(2,3)4)60-45(66)13-9-10-14-46(67)62(5)35-21-23-63(24-22-35)36-19-20-42(44(25-36)70-6)59-52-57-29-40(54)47(61-52)39-28-55-41-12-8-7-11-38(39)41/h7-8,11-12,15-20,25,28-29,31,35,37,43,49,55,65H,9-10,13-14,21-24,26-27,30H2,1-6H3,(H,56,68)(H,60,66)(H,57,59,61)/t37-,43+,49-/m1/s1. The molecule has 18 heteroatoms. The number of rotatable bonds is 17. The van der Waals surface area contributed by atoms with Crippen LogP contribution < -0.4 is 25.6 Å². The maximum Gasteiger partial charge on any atom is 0.246 e. The molecule has 2 aliphatic heterocycles. The molecule has 374 valence electrons. The van der Waals surface area contributed by atoms with Crippen LogP contribution in [0.5, 0.6) is 5.75 Å². The summed E-state index contributed by atoms with van der Waals surface area (Å²) in [5.41, 5.74) is 8.24. The first-order chi connectivity index (χ1) is 34.1. The number of aliphatic hydroxyl groups is 1. The lowest BCUT2D eigenvalue weighted by molar-refractivity contribution is -0.144. The maximum atomic E-state index is 14.1. The van der Waals surface area contributed by atoms with Crippen LogP contribution in [0.4, 0.5) is 17.3 Å². The Morgan fingerprint density at radius 1 is 1.01 bits per heavy atom. The van der Waals surface area contributed by atoms with Gasteiger partial charge in [-0.15, -0.1) is 11.3 Å². The number of aryl methyl sites for hydroxylation is 1. The number of hydrogen-bond donors (Lipinski definition) is 5. The number of carbonyl (C=O) groups excluding carboxylic acids is 4. The minimum absolute atomic E-state index is 0.00631. The number of anilines is 3. The number of ether oxygens (including phenoxy) is 1. The van der Waals surface area contributed by atoms with Crippen LogP contribution in [0.1, 0.15) is 77.0 Å². The number of hydrogen-bond acceptors (Lipinski definition) is 12. The Morgan fingerprint density at radius 3 is 2.48 bits per heavy atom. The maximum absolute atomic E-state index is 14.1. The molecule has 0 radical (unpaired) electrons. The number of aliphatic hydroxyl groups excluding tert-OH is 1. The summed E-state index contributed by atoms with van der Waals surface area (Å²) in [4.78, 5) is 77.8. The average molecular weight is 1000 g/mol. The second-order valence-electron chi connectivity index (χ2n) is 19.5. The van der Waals surface area contributed by atoms with Crippen molar-refractivity contribution in [2.75, 3.05) is 44.0 Å². The molecule has 2 aliphatic rings. The van der Waals surface area contributed by atoms with Gasteiger partial charge in [0.25, 0.3) is 0 Å². The Labute approximate surface area is 423 Å². The van der Waals surface area contributed by atoms with Gasteiger partial charge in [0, 0.05) is 92.9 Å². The second-order valence-corrected chi connectivity index (χ2v) is 20.8. The van der Waals surface area contributed by atoms with E-state index in [2.05, 4.69) is 35.8 Å². The van der Waals surface area contributed by atoms with Gasteiger partial charge in [0.2, 0.25) is 29.6 Å². The molecule has 3 aromatic heterocycles. The number of aromatic nitrogens is 4. The molecule has 0 spiro atoms. The SMILES string of the molecule is COc1cc(N2CCC(N(C)C(=O)CCCCC(=O)N[C@H](C(=O)N3C[C@H](O)C[C@H]3C(=O)NCc3ccc(-c4scnc4C)cc3)C(C)(C)C)CC2)ccc1Nc1ncc(Cl)c(-c2c[nH]c3ccccc23)n1. The van der Waals surface area contributed by atoms with E-state index < -0.39 is 29.5 Å². The van der Waals surface area contributed by atoms with E-state index in [0.717, 1.165) is 69.8 Å². The molecule has 0 aliphatic carbocycles. The van der Waals surface area contributed by atoms with E-state index in [0.29, 0.717) is 47.4 Å². The number of amides is 4. The highest BCUT2D eigenvalue weighted by molar-refractivity contribution is 7.13. The Hall–Kier alpha value is -6.56. The number of benzene rings is 3. The van der Waals surface area contributed by atoms with Crippen molar-refractivity contribution in [1.29, 1.82) is 0 Å². The molecule has 71 heavy (non-hydrogen) atoms. The first kappa shape index (κ1) is 50.8. The van der Waals surface area contributed by atoms with Crippen molar-refractivity contribution in [2.45, 2.75) is 103 Å². The van der Waals surface area contributed by atoms with E-state index in [4.69, 9.17) is 21.3 Å². The number of unbranched alkanes of at least 4 members (excludes halogenated alkanes) is 1. The van der Waals surface area contributed by atoms with E-state index in [9.17, 15) is 24.3 Å². The monoisotopic (exact) mass is 1000 g/mol. The first-order valence-electron chi connectivity index (χ1n) is 24.2. The lowest BCUT2D eigenvalue weighted by Gasteiger charge is -2.38. The lowest BCUT2D eigenvalue weighted by atomic mass is 9.85. The van der Waals surface area contributed by atoms with Gasteiger partial charge in [-0.05, 0) is 67.3 Å². The third-order valence-electron chi connectivity index (χ3n) is 13.5. The van der Waals surface area contributed by atoms with Gasteiger partial charge in [-0.2, -0.15) is 0 Å². The number of para-hydroxylation sites is 1. The zero-order valence-electron chi connectivity index (χ0n) is 41.1. The van der Waals surface area contributed by atoms with Crippen LogP contribution in [-0.2, 0) is 25.7 Å². The zero-order chi connectivity index (χ0) is 50.4. The molecule has 6 aromatic rings. The van der Waals surface area contributed by atoms with Crippen LogP contribution in [0.3, 0.4) is 0 Å². The number of nitrogens with zero attached hydrogens (tertiary/aromatic N) is 6. The van der Waals surface area contributed by atoms with Crippen LogP contribution in [0.25, 0.3) is 32.6 Å². The van der Waals surface area contributed by atoms with Crippen LogP contribution in [-0.4, -0.2) is 116 Å². The summed E-state index contributed by atoms with van der Waals surface area (Å²) >= 11 is 8.15. The third kappa shape index (κ3) is 12.0. The smallest absolute Gasteiger partial charge is 0.246 e. The van der Waals surface area contributed by atoms with Crippen molar-refractivity contribution < 1.29 is 29.0 Å². The van der Waals surface area contributed by atoms with Gasteiger partial charge in [-0.1, -0.05) is 74.8 Å². The summed E-state index contributed by atoms with van der Waals surface area (Å²) in [5, 5.41) is 21.3. The number of fused-ring (bicyclic) bond motifs is 1. The molecular weight excluding hydrogens is 940 g/mol. The summed E-state index contributed by atoms with van der Waals surface area (Å²) in [6, 6.07) is 20.1. The molecule has 0 bridgehead atoms. The van der Waals surface area contributed by atoms with Crippen molar-refractivity contribution in [3.63, 3.8) is 0 Å². The Bertz CT molecular complexity index is 2860. The molecule has 2 saturated heterocycles. The number of methoxy groups -OCH3 is 1. The van der Waals surface area contributed by atoms with Gasteiger partial charge in [0.15, 0.2) is 0 Å². The topological polar surface area (TPSA) is 198 Å². The fraction of sp³-hybridized carbons (Fsp3) is 0.415. The van der Waals surface area contributed by atoms with Crippen molar-refractivity contribution in [3.8, 4) is 27.4 Å². The number of aromatic amines is 1. The molecule has 0 unspecified atom stereocenters. The Morgan fingerprint density at radius 2 is 1.76 bits per heavy atom. The number of H-pyrrole nitrogens is 1. The fourth-order valence-corrected chi connectivity index (χ4v) is 10.5. The fourth-order valence-electron chi connectivity index (χ4n) is 9.45. The van der Waals surface area contributed by atoms with Gasteiger partial charge in [-0.3, -0.25) is 19.2 Å². The van der Waals surface area contributed by atoms with Gasteiger partial charge in [0.05, 0.1) is 51.9 Å². The third-order valence-corrected chi connectivity index (χ3v) is 14.8. The summed E-state index contributed by atoms with van der Waals surface area (Å²) in [6.07, 6.45) is 5.73. The average Bonchev–Trinajstić information content (AvgIpc) is 4.12. The van der Waals surface area contributed by atoms with Crippen molar-refractivity contribution in [1.82, 2.24) is 40.4 Å². The normalized spacial score (nSPS) is 16.7. The number of likely N-dealkylation sites (tertiary alicyclic amines) is 1. The Balaban J connectivity index is 0.776. The number of nitrogens with one attached hydrogen (secondary N) is 4. The molecule has 0 saturated carbocycles. The molecule has 16 nitrogen and oxygen atoms in total. The summed E-state index contributed by atoms with van der Waals surface area (Å²) in [6.45, 7) is 9.32. The molecule has 5 heterocycles. The number of carbonyl (C=O) groups is 4. The predicted molar refractivity (Wildman–Crippen MR) is 279 cm³/mol. The molecule has 4 amide bonds. The molecule has 2 fully saturated rings. The molecular formula is C53H63ClN10O6S. The summed E-state index contributed by atoms with van der Waals surface area (Å²) in [7, 11) is 3.48. The summed E-state index contributed by atoms with van der Waals surface area (Å²) in [5.74, 6) is -0.0358. The highest BCUT2D eigenvalue weighted by Crippen LogP contribution is 2.36. The largest absolute Gasteiger partial charge is 0.494 e. The van der Waals surface area contributed by atoms with Gasteiger partial charge in [0.1, 0.15) is 17.8 Å². The van der Waals surface area contributed by atoms with Gasteiger partial charge in [-0.25, -0.2) is 15.0 Å².